The molecule has 2 atom stereocenters. The zero-order valence-corrected chi connectivity index (χ0v) is 20.2. The van der Waals surface area contributed by atoms with Crippen LogP contribution in [0.15, 0.2) is 60.7 Å². The molecule has 0 saturated heterocycles. The van der Waals surface area contributed by atoms with E-state index < -0.39 is 29.4 Å². The number of methoxy groups -OCH3 is 1. The minimum absolute atomic E-state index is 0.00714. The van der Waals surface area contributed by atoms with Gasteiger partial charge >= 0.3 is 12.1 Å². The molecule has 0 spiro atoms. The standard InChI is InChI=1S/C25H33N3O5S/c1-32-23(30)25(14-8-9-15-26,28-24(31)33-16-19-10-4-2-5-11-19)22(29)21(27)18-34-17-20-12-6-3-7-13-20/h2-7,10-13,21H,8-9,14-18,26-27H2,1H3,(H,28,31)/t21-,25+/m0/s1. The van der Waals surface area contributed by atoms with Gasteiger partial charge in [-0.15, -0.1) is 0 Å². The second-order valence-electron chi connectivity index (χ2n) is 7.80. The van der Waals surface area contributed by atoms with Gasteiger partial charge in [-0.05, 0) is 36.9 Å². The van der Waals surface area contributed by atoms with Crippen LogP contribution in [0.3, 0.4) is 0 Å². The van der Waals surface area contributed by atoms with E-state index in [1.807, 2.05) is 48.5 Å². The summed E-state index contributed by atoms with van der Waals surface area (Å²) in [5, 5.41) is 2.48. The predicted molar refractivity (Wildman–Crippen MR) is 133 cm³/mol. The van der Waals surface area contributed by atoms with Gasteiger partial charge in [0.25, 0.3) is 0 Å². The van der Waals surface area contributed by atoms with Gasteiger partial charge in [0.15, 0.2) is 5.78 Å². The molecule has 1 amide bonds. The van der Waals surface area contributed by atoms with E-state index in [4.69, 9.17) is 20.9 Å². The number of nitrogens with two attached hydrogens (primary N) is 2. The number of hydrogen-bond acceptors (Lipinski definition) is 8. The number of esters is 1. The molecule has 0 heterocycles. The van der Waals surface area contributed by atoms with Crippen LogP contribution >= 0.6 is 11.8 Å². The van der Waals surface area contributed by atoms with E-state index >= 15 is 0 Å². The van der Waals surface area contributed by atoms with Crippen LogP contribution in [0.2, 0.25) is 0 Å². The summed E-state index contributed by atoms with van der Waals surface area (Å²) in [6.45, 7) is 0.364. The van der Waals surface area contributed by atoms with Crippen LogP contribution in [-0.4, -0.2) is 48.8 Å². The number of ether oxygens (including phenoxy) is 2. The van der Waals surface area contributed by atoms with E-state index in [0.717, 1.165) is 11.1 Å². The number of benzene rings is 2. The van der Waals surface area contributed by atoms with Crippen molar-refractivity contribution in [1.29, 1.82) is 0 Å². The summed E-state index contributed by atoms with van der Waals surface area (Å²) < 4.78 is 10.2. The number of carbonyl (C=O) groups excluding carboxylic acids is 3. The number of alkyl carbamates (subject to hydrolysis) is 1. The topological polar surface area (TPSA) is 134 Å². The lowest BCUT2D eigenvalue weighted by molar-refractivity contribution is -0.153. The van der Waals surface area contributed by atoms with Crippen molar-refractivity contribution in [3.05, 3.63) is 71.8 Å². The van der Waals surface area contributed by atoms with Gasteiger partial charge in [-0.1, -0.05) is 60.7 Å². The van der Waals surface area contributed by atoms with E-state index in [2.05, 4.69) is 5.32 Å². The lowest BCUT2D eigenvalue weighted by Gasteiger charge is -2.32. The molecule has 9 heteroatoms. The first-order chi connectivity index (χ1) is 16.4. The van der Waals surface area contributed by atoms with Gasteiger partial charge in [0.05, 0.1) is 13.2 Å². The van der Waals surface area contributed by atoms with E-state index in [0.29, 0.717) is 25.1 Å². The summed E-state index contributed by atoms with van der Waals surface area (Å²) in [5.74, 6) is -0.570. The molecule has 0 aliphatic carbocycles. The first-order valence-corrected chi connectivity index (χ1v) is 12.3. The number of ketones is 1. The van der Waals surface area contributed by atoms with E-state index in [1.54, 1.807) is 12.1 Å². The van der Waals surface area contributed by atoms with Crippen LogP contribution in [0.1, 0.15) is 30.4 Å². The fourth-order valence-electron chi connectivity index (χ4n) is 3.41. The Hall–Kier alpha value is -2.88. The molecule has 0 unspecified atom stereocenters. The monoisotopic (exact) mass is 487 g/mol. The minimum Gasteiger partial charge on any atom is -0.467 e. The van der Waals surface area contributed by atoms with Crippen molar-refractivity contribution in [2.45, 2.75) is 43.2 Å². The SMILES string of the molecule is COC(=O)[C@](CCCCN)(NC(=O)OCc1ccccc1)C(=O)[C@@H](N)CSCc1ccccc1. The lowest BCUT2D eigenvalue weighted by atomic mass is 9.84. The lowest BCUT2D eigenvalue weighted by Crippen LogP contribution is -2.65. The van der Waals surface area contributed by atoms with Crippen LogP contribution in [0.25, 0.3) is 0 Å². The third-order valence-corrected chi connectivity index (χ3v) is 6.37. The van der Waals surface area contributed by atoms with E-state index in [9.17, 15) is 14.4 Å². The maximum absolute atomic E-state index is 13.5. The molecule has 0 aromatic heterocycles. The Morgan fingerprint density at radius 2 is 1.62 bits per heavy atom. The molecule has 34 heavy (non-hydrogen) atoms. The van der Waals surface area contributed by atoms with E-state index in [-0.39, 0.29) is 18.8 Å². The molecular formula is C25H33N3O5S. The van der Waals surface area contributed by atoms with Gasteiger partial charge in [-0.25, -0.2) is 9.59 Å². The number of amides is 1. The molecule has 2 aromatic carbocycles. The summed E-state index contributed by atoms with van der Waals surface area (Å²) in [6, 6.07) is 17.8. The molecule has 2 aromatic rings. The Kier molecular flexibility index (Phi) is 11.6. The normalized spacial score (nSPS) is 13.4. The maximum atomic E-state index is 13.5. The predicted octanol–water partition coefficient (Wildman–Crippen LogP) is 2.78. The van der Waals surface area contributed by atoms with Gasteiger partial charge < -0.3 is 20.9 Å². The number of carbonyl (C=O) groups is 3. The van der Waals surface area contributed by atoms with Crippen molar-refractivity contribution in [2.75, 3.05) is 19.4 Å². The van der Waals surface area contributed by atoms with Gasteiger partial charge in [-0.2, -0.15) is 11.8 Å². The van der Waals surface area contributed by atoms with Crippen molar-refractivity contribution >= 4 is 29.6 Å². The molecule has 0 fully saturated rings. The average Bonchev–Trinajstić information content (AvgIpc) is 2.87. The van der Waals surface area contributed by atoms with Crippen molar-refractivity contribution in [2.24, 2.45) is 11.5 Å². The van der Waals surface area contributed by atoms with Crippen LogP contribution in [0.4, 0.5) is 4.79 Å². The summed E-state index contributed by atoms with van der Waals surface area (Å²) >= 11 is 1.47. The highest BCUT2D eigenvalue weighted by Crippen LogP contribution is 2.22. The second-order valence-corrected chi connectivity index (χ2v) is 8.83. The van der Waals surface area contributed by atoms with Crippen LogP contribution < -0.4 is 16.8 Å². The average molecular weight is 488 g/mol. The van der Waals surface area contributed by atoms with E-state index in [1.165, 1.54) is 18.9 Å². The second kappa shape index (κ2) is 14.4. The highest BCUT2D eigenvalue weighted by atomic mass is 32.2. The number of nitrogens with one attached hydrogen (secondary N) is 1. The zero-order chi connectivity index (χ0) is 24.8. The van der Waals surface area contributed by atoms with Crippen LogP contribution in [0.5, 0.6) is 0 Å². The third kappa shape index (κ3) is 8.16. The molecular weight excluding hydrogens is 454 g/mol. The molecule has 0 aliphatic rings. The van der Waals surface area contributed by atoms with Gasteiger partial charge in [0.2, 0.25) is 5.54 Å². The van der Waals surface area contributed by atoms with Crippen molar-refractivity contribution in [3.8, 4) is 0 Å². The quantitative estimate of drug-likeness (QED) is 0.210. The minimum atomic E-state index is -1.95. The molecule has 0 saturated carbocycles. The largest absolute Gasteiger partial charge is 0.467 e. The molecule has 5 N–H and O–H groups in total. The first kappa shape index (κ1) is 27.4. The van der Waals surface area contributed by atoms with Gasteiger partial charge in [0.1, 0.15) is 6.61 Å². The molecule has 0 radical (unpaired) electrons. The highest BCUT2D eigenvalue weighted by Gasteiger charge is 2.50. The Bertz CT molecular complexity index is 913. The molecule has 0 aliphatic heterocycles. The smallest absolute Gasteiger partial charge is 0.408 e. The van der Waals surface area contributed by atoms with Crippen molar-refractivity contribution < 1.29 is 23.9 Å². The Labute approximate surface area is 204 Å². The van der Waals surface area contributed by atoms with Gasteiger partial charge in [0, 0.05) is 11.5 Å². The third-order valence-electron chi connectivity index (χ3n) is 5.23. The van der Waals surface area contributed by atoms with Crippen molar-refractivity contribution in [1.82, 2.24) is 5.32 Å². The maximum Gasteiger partial charge on any atom is 0.408 e. The number of hydrogen-bond donors (Lipinski definition) is 3. The first-order valence-electron chi connectivity index (χ1n) is 11.1. The number of rotatable bonds is 14. The summed E-state index contributed by atoms with van der Waals surface area (Å²) in [5.41, 5.74) is 11.7. The summed E-state index contributed by atoms with van der Waals surface area (Å²) in [7, 11) is 1.17. The van der Waals surface area contributed by atoms with Gasteiger partial charge in [-0.3, -0.25) is 10.1 Å². The summed E-state index contributed by atoms with van der Waals surface area (Å²) in [4.78, 5) is 39.0. The van der Waals surface area contributed by atoms with Crippen molar-refractivity contribution in [3.63, 3.8) is 0 Å². The molecule has 2 rings (SSSR count). The molecule has 8 nitrogen and oxygen atoms in total. The molecule has 0 bridgehead atoms. The zero-order valence-electron chi connectivity index (χ0n) is 19.4. The summed E-state index contributed by atoms with van der Waals surface area (Å²) in [6.07, 6.45) is 0.0810. The fourth-order valence-corrected chi connectivity index (χ4v) is 4.36. The Morgan fingerprint density at radius 1 is 1.00 bits per heavy atom. The van der Waals surface area contributed by atoms with Crippen LogP contribution in [-0.2, 0) is 31.4 Å². The highest BCUT2D eigenvalue weighted by molar-refractivity contribution is 7.98. The number of Topliss-reactive ketones (excluding diaryl/α,β-unsaturated/α-hetero) is 1. The fraction of sp³-hybridized carbons (Fsp3) is 0.400. The number of thioether (sulfide) groups is 1. The Balaban J connectivity index is 2.13. The van der Waals surface area contributed by atoms with Crippen LogP contribution in [0, 0.1) is 0 Å². The molecule has 184 valence electrons. The Morgan fingerprint density at radius 3 is 2.21 bits per heavy atom. The number of unbranched alkanes of at least 4 members (excludes halogenated alkanes) is 1.